The molecule has 1 fully saturated rings. The second-order valence-electron chi connectivity index (χ2n) is 7.58. The van der Waals surface area contributed by atoms with E-state index in [1.165, 1.54) is 30.7 Å². The van der Waals surface area contributed by atoms with Crippen LogP contribution < -0.4 is 19.5 Å². The van der Waals surface area contributed by atoms with Gasteiger partial charge >= 0.3 is 6.03 Å². The van der Waals surface area contributed by atoms with Gasteiger partial charge in [0.1, 0.15) is 5.75 Å². The molecule has 2 aromatic rings. The highest BCUT2D eigenvalue weighted by Crippen LogP contribution is 2.31. The molecule has 10 heteroatoms. The first-order chi connectivity index (χ1) is 15.8. The Morgan fingerprint density at radius 3 is 2.36 bits per heavy atom. The number of rotatable bonds is 8. The molecule has 0 saturated carbocycles. The molecule has 1 aliphatic heterocycles. The molecule has 9 nitrogen and oxygen atoms in total. The minimum Gasteiger partial charge on any atom is -0.494 e. The third-order valence-electron chi connectivity index (χ3n) is 5.53. The third kappa shape index (κ3) is 5.69. The number of hydrogen-bond donors (Lipinski definition) is 1. The van der Waals surface area contributed by atoms with Crippen LogP contribution in [0.15, 0.2) is 47.4 Å². The van der Waals surface area contributed by atoms with Crippen molar-refractivity contribution in [1.29, 1.82) is 0 Å². The molecule has 0 bridgehead atoms. The van der Waals surface area contributed by atoms with Crippen molar-refractivity contribution < 1.29 is 27.4 Å². The number of nitrogens with one attached hydrogen (secondary N) is 1. The summed E-state index contributed by atoms with van der Waals surface area (Å²) < 4.78 is 43.5. The Morgan fingerprint density at radius 2 is 1.73 bits per heavy atom. The fourth-order valence-corrected chi connectivity index (χ4v) is 5.10. The molecule has 0 spiro atoms. The van der Waals surface area contributed by atoms with Gasteiger partial charge in [-0.25, -0.2) is 13.2 Å². The highest BCUT2D eigenvalue weighted by atomic mass is 32.2. The Kier molecular flexibility index (Phi) is 8.04. The number of carbonyl (C=O) groups excluding carboxylic acids is 1. The number of hydrogen-bond acceptors (Lipinski definition) is 6. The average Bonchev–Trinajstić information content (AvgIpc) is 2.84. The van der Waals surface area contributed by atoms with Gasteiger partial charge in [-0.1, -0.05) is 12.1 Å². The summed E-state index contributed by atoms with van der Waals surface area (Å²) in [4.78, 5) is 14.5. The summed E-state index contributed by atoms with van der Waals surface area (Å²) in [5.41, 5.74) is 0.934. The molecule has 2 amide bonds. The molecule has 1 atom stereocenters. The second-order valence-corrected chi connectivity index (χ2v) is 9.52. The lowest BCUT2D eigenvalue weighted by molar-refractivity contribution is 0.169. The average molecular weight is 478 g/mol. The molecule has 0 aromatic heterocycles. The maximum Gasteiger partial charge on any atom is 0.317 e. The Labute approximate surface area is 195 Å². The summed E-state index contributed by atoms with van der Waals surface area (Å²) in [6.07, 6.45) is 0. The summed E-state index contributed by atoms with van der Waals surface area (Å²) in [5.74, 6) is 1.56. The molecule has 1 aliphatic rings. The maximum atomic E-state index is 13.1. The minimum atomic E-state index is -3.72. The number of benzene rings is 2. The van der Waals surface area contributed by atoms with Crippen LogP contribution in [0.2, 0.25) is 0 Å². The first-order valence-corrected chi connectivity index (χ1v) is 12.2. The number of amides is 2. The zero-order valence-corrected chi connectivity index (χ0v) is 20.2. The van der Waals surface area contributed by atoms with Gasteiger partial charge in [-0.3, -0.25) is 0 Å². The van der Waals surface area contributed by atoms with Crippen LogP contribution in [-0.2, 0) is 10.0 Å². The lowest BCUT2D eigenvalue weighted by atomic mass is 10.1. The summed E-state index contributed by atoms with van der Waals surface area (Å²) in [6, 6.07) is 11.7. The standard InChI is InChI=1S/C23H31N3O6S/c1-5-32-19-8-6-7-18(15-19)17(2)24-23(27)25-11-13-26(14-12-25)33(28,29)20-9-10-21(30-3)22(16-20)31-4/h6-10,15-17H,5,11-14H2,1-4H3,(H,24,27). The van der Waals surface area contributed by atoms with Gasteiger partial charge in [0.2, 0.25) is 10.0 Å². The predicted molar refractivity (Wildman–Crippen MR) is 124 cm³/mol. The van der Waals surface area contributed by atoms with Gasteiger partial charge in [-0.05, 0) is 43.7 Å². The van der Waals surface area contributed by atoms with Crippen molar-refractivity contribution in [2.24, 2.45) is 0 Å². The summed E-state index contributed by atoms with van der Waals surface area (Å²) in [6.45, 7) is 5.40. The molecule has 0 aliphatic carbocycles. The zero-order chi connectivity index (χ0) is 24.0. The number of carbonyl (C=O) groups is 1. The largest absolute Gasteiger partial charge is 0.494 e. The van der Waals surface area contributed by atoms with Crippen molar-refractivity contribution in [3.05, 3.63) is 48.0 Å². The van der Waals surface area contributed by atoms with E-state index in [-0.39, 0.29) is 30.1 Å². The van der Waals surface area contributed by atoms with Crippen LogP contribution in [0.5, 0.6) is 17.2 Å². The van der Waals surface area contributed by atoms with Gasteiger partial charge in [0.25, 0.3) is 0 Å². The molecule has 180 valence electrons. The molecule has 33 heavy (non-hydrogen) atoms. The molecule has 3 rings (SSSR count). The molecule has 1 N–H and O–H groups in total. The van der Waals surface area contributed by atoms with E-state index >= 15 is 0 Å². The highest BCUT2D eigenvalue weighted by Gasteiger charge is 2.31. The molecular formula is C23H31N3O6S. The van der Waals surface area contributed by atoms with E-state index in [9.17, 15) is 13.2 Å². The van der Waals surface area contributed by atoms with Crippen molar-refractivity contribution in [2.45, 2.75) is 24.8 Å². The van der Waals surface area contributed by atoms with E-state index in [4.69, 9.17) is 14.2 Å². The first kappa shape index (κ1) is 24.7. The molecule has 1 unspecified atom stereocenters. The van der Waals surface area contributed by atoms with Crippen LogP contribution in [0.25, 0.3) is 0 Å². The lowest BCUT2D eigenvalue weighted by Crippen LogP contribution is -2.53. The number of sulfonamides is 1. The van der Waals surface area contributed by atoms with Gasteiger partial charge in [-0.15, -0.1) is 0 Å². The third-order valence-corrected chi connectivity index (χ3v) is 7.42. The number of urea groups is 1. The van der Waals surface area contributed by atoms with Crippen molar-refractivity contribution in [3.63, 3.8) is 0 Å². The summed E-state index contributed by atoms with van der Waals surface area (Å²) >= 11 is 0. The van der Waals surface area contributed by atoms with Crippen LogP contribution >= 0.6 is 0 Å². The normalized spacial score (nSPS) is 15.6. The monoisotopic (exact) mass is 477 g/mol. The van der Waals surface area contributed by atoms with Crippen LogP contribution in [-0.4, -0.2) is 70.7 Å². The molecule has 1 heterocycles. The highest BCUT2D eigenvalue weighted by molar-refractivity contribution is 7.89. The van der Waals surface area contributed by atoms with Gasteiger partial charge in [-0.2, -0.15) is 4.31 Å². The maximum absolute atomic E-state index is 13.1. The number of piperazine rings is 1. The smallest absolute Gasteiger partial charge is 0.317 e. The van der Waals surface area contributed by atoms with E-state index in [0.29, 0.717) is 31.2 Å². The lowest BCUT2D eigenvalue weighted by Gasteiger charge is -2.34. The van der Waals surface area contributed by atoms with E-state index in [1.807, 2.05) is 38.1 Å². The SMILES string of the molecule is CCOc1cccc(C(C)NC(=O)N2CCN(S(=O)(=O)c3ccc(OC)c(OC)c3)CC2)c1. The fraction of sp³-hybridized carbons (Fsp3) is 0.435. The van der Waals surface area contributed by atoms with Crippen LogP contribution in [0.3, 0.4) is 0 Å². The van der Waals surface area contributed by atoms with Crippen molar-refractivity contribution in [1.82, 2.24) is 14.5 Å². The molecule has 0 radical (unpaired) electrons. The second kappa shape index (κ2) is 10.8. The van der Waals surface area contributed by atoms with E-state index in [2.05, 4.69) is 5.32 Å². The van der Waals surface area contributed by atoms with Crippen molar-refractivity contribution in [2.75, 3.05) is 47.0 Å². The van der Waals surface area contributed by atoms with Crippen LogP contribution in [0, 0.1) is 0 Å². The van der Waals surface area contributed by atoms with E-state index in [0.717, 1.165) is 11.3 Å². The Bertz CT molecular complexity index is 1070. The Balaban J connectivity index is 1.61. The topological polar surface area (TPSA) is 97.4 Å². The molecule has 1 saturated heterocycles. The van der Waals surface area contributed by atoms with Crippen LogP contribution in [0.1, 0.15) is 25.5 Å². The summed E-state index contributed by atoms with van der Waals surface area (Å²) in [7, 11) is -0.769. The van der Waals surface area contributed by atoms with E-state index in [1.54, 1.807) is 11.0 Å². The number of methoxy groups -OCH3 is 2. The Hall–Kier alpha value is -2.98. The number of ether oxygens (including phenoxy) is 3. The van der Waals surface area contributed by atoms with Gasteiger partial charge in [0.15, 0.2) is 11.5 Å². The zero-order valence-electron chi connectivity index (χ0n) is 19.4. The fourth-order valence-electron chi connectivity index (χ4n) is 3.66. The predicted octanol–water partition coefficient (Wildman–Crippen LogP) is 2.88. The van der Waals surface area contributed by atoms with Gasteiger partial charge < -0.3 is 24.4 Å². The molecule has 2 aromatic carbocycles. The summed E-state index contributed by atoms with van der Waals surface area (Å²) in [5, 5.41) is 2.98. The Morgan fingerprint density at radius 1 is 1.03 bits per heavy atom. The molecular weight excluding hydrogens is 446 g/mol. The van der Waals surface area contributed by atoms with E-state index < -0.39 is 10.0 Å². The number of nitrogens with zero attached hydrogens (tertiary/aromatic N) is 2. The minimum absolute atomic E-state index is 0.126. The van der Waals surface area contributed by atoms with Gasteiger partial charge in [0, 0.05) is 32.2 Å². The van der Waals surface area contributed by atoms with Gasteiger partial charge in [0.05, 0.1) is 31.8 Å². The van der Waals surface area contributed by atoms with Crippen molar-refractivity contribution >= 4 is 16.1 Å². The quantitative estimate of drug-likeness (QED) is 0.628. The van der Waals surface area contributed by atoms with Crippen LogP contribution in [0.4, 0.5) is 4.79 Å². The van der Waals surface area contributed by atoms with Crippen molar-refractivity contribution in [3.8, 4) is 17.2 Å². The first-order valence-electron chi connectivity index (χ1n) is 10.8.